The predicted octanol–water partition coefficient (Wildman–Crippen LogP) is 6.20. The zero-order chi connectivity index (χ0) is 27.9. The molecule has 0 aromatic heterocycles. The zero-order valence-corrected chi connectivity index (χ0v) is 25.4. The molecule has 0 amide bonds. The average molecular weight is 662 g/mol. The Bertz CT molecular complexity index is 1460. The van der Waals surface area contributed by atoms with Crippen molar-refractivity contribution in [1.82, 2.24) is 4.90 Å². The minimum absolute atomic E-state index is 0.0487. The summed E-state index contributed by atoms with van der Waals surface area (Å²) in [6.07, 6.45) is 4.08. The molecule has 9 heteroatoms. The number of carbonyl (C=O) groups excluding carboxylic acids is 2. The molecule has 0 fully saturated rings. The van der Waals surface area contributed by atoms with E-state index in [0.29, 0.717) is 34.1 Å². The number of ketones is 2. The van der Waals surface area contributed by atoms with Crippen LogP contribution in [0.1, 0.15) is 69.4 Å². The van der Waals surface area contributed by atoms with Gasteiger partial charge in [-0.25, -0.2) is 0 Å². The number of allylic oxidation sites excluding steroid dienone is 4. The van der Waals surface area contributed by atoms with Crippen LogP contribution in [0.2, 0.25) is 0 Å². The molecule has 0 saturated carbocycles. The lowest BCUT2D eigenvalue weighted by Gasteiger charge is -2.43. The van der Waals surface area contributed by atoms with Gasteiger partial charge in [0.1, 0.15) is 4.90 Å². The maximum absolute atomic E-state index is 13.4. The Balaban J connectivity index is 1.65. The van der Waals surface area contributed by atoms with Crippen LogP contribution < -0.4 is 8.92 Å². The van der Waals surface area contributed by atoms with E-state index in [0.717, 1.165) is 48.2 Å². The number of halogens is 1. The summed E-state index contributed by atoms with van der Waals surface area (Å²) in [6, 6.07) is 10.0. The molecule has 39 heavy (non-hydrogen) atoms. The van der Waals surface area contributed by atoms with E-state index >= 15 is 0 Å². The fraction of sp³-hybridized carbons (Fsp3) is 0.400. The number of Topliss-reactive ketones (excluding diaryl/α,β-unsaturated/α-hetero) is 2. The van der Waals surface area contributed by atoms with Gasteiger partial charge in [-0.05, 0) is 98.9 Å². The van der Waals surface area contributed by atoms with E-state index in [4.69, 9.17) is 8.92 Å². The fourth-order valence-electron chi connectivity index (χ4n) is 5.89. The molecule has 7 nitrogen and oxygen atoms in total. The Kier molecular flexibility index (Phi) is 7.92. The lowest BCUT2D eigenvalue weighted by molar-refractivity contribution is -0.117. The molecule has 1 aliphatic heterocycles. The van der Waals surface area contributed by atoms with Crippen molar-refractivity contribution in [2.24, 2.45) is 0 Å². The summed E-state index contributed by atoms with van der Waals surface area (Å²) in [4.78, 5) is 29.1. The quantitative estimate of drug-likeness (QED) is 0.258. The van der Waals surface area contributed by atoms with Crippen molar-refractivity contribution in [3.05, 3.63) is 73.6 Å². The van der Waals surface area contributed by atoms with Gasteiger partial charge in [-0.3, -0.25) is 9.59 Å². The molecule has 1 heterocycles. The average Bonchev–Trinajstić information content (AvgIpc) is 2.90. The second-order valence-electron chi connectivity index (χ2n) is 10.1. The molecule has 0 N–H and O–H groups in total. The number of hydrogen-bond acceptors (Lipinski definition) is 7. The third-order valence-corrected chi connectivity index (χ3v) is 9.61. The van der Waals surface area contributed by atoms with Gasteiger partial charge in [-0.1, -0.05) is 17.7 Å². The highest BCUT2D eigenvalue weighted by atomic mass is 127. The van der Waals surface area contributed by atoms with Crippen LogP contribution in [0.3, 0.4) is 0 Å². The van der Waals surface area contributed by atoms with Gasteiger partial charge in [0.2, 0.25) is 0 Å². The Hall–Kier alpha value is -2.66. The Morgan fingerprint density at radius 2 is 1.51 bits per heavy atom. The molecule has 0 spiro atoms. The number of rotatable bonds is 7. The first-order chi connectivity index (χ1) is 18.7. The molecule has 2 aromatic carbocycles. The Morgan fingerprint density at radius 3 is 2.05 bits per heavy atom. The van der Waals surface area contributed by atoms with Crippen molar-refractivity contribution < 1.29 is 26.9 Å². The minimum atomic E-state index is -4.12. The maximum Gasteiger partial charge on any atom is 0.339 e. The summed E-state index contributed by atoms with van der Waals surface area (Å²) in [5.74, 6) is -0.00134. The fourth-order valence-corrected chi connectivity index (χ4v) is 7.73. The van der Waals surface area contributed by atoms with Gasteiger partial charge in [0.05, 0.1) is 10.2 Å². The third-order valence-electron chi connectivity index (χ3n) is 7.57. The summed E-state index contributed by atoms with van der Waals surface area (Å²) in [7, 11) is -4.12. The molecule has 0 radical (unpaired) electrons. The topological polar surface area (TPSA) is 90.0 Å². The number of ether oxygens (including phenoxy) is 1. The van der Waals surface area contributed by atoms with Crippen molar-refractivity contribution in [1.29, 1.82) is 0 Å². The van der Waals surface area contributed by atoms with Crippen LogP contribution in [-0.4, -0.2) is 38.0 Å². The first-order valence-corrected chi connectivity index (χ1v) is 15.9. The smallest absolute Gasteiger partial charge is 0.339 e. The van der Waals surface area contributed by atoms with Crippen LogP contribution in [0.25, 0.3) is 0 Å². The highest BCUT2D eigenvalue weighted by Crippen LogP contribution is 2.50. The van der Waals surface area contributed by atoms with Crippen molar-refractivity contribution in [2.75, 3.05) is 13.2 Å². The summed E-state index contributed by atoms with van der Waals surface area (Å²) in [6.45, 7) is 6.75. The van der Waals surface area contributed by atoms with Crippen LogP contribution in [0.15, 0.2) is 63.8 Å². The molecule has 0 saturated heterocycles. The van der Waals surface area contributed by atoms with Crippen LogP contribution in [0.5, 0.6) is 11.5 Å². The first-order valence-electron chi connectivity index (χ1n) is 13.4. The van der Waals surface area contributed by atoms with E-state index in [1.54, 1.807) is 18.2 Å². The van der Waals surface area contributed by atoms with Crippen molar-refractivity contribution >= 4 is 44.3 Å². The van der Waals surface area contributed by atoms with Gasteiger partial charge in [0.25, 0.3) is 0 Å². The standard InChI is InChI=1S/C30H32INO6S/c1-4-32-22-8-6-10-24(33)28(22)27(29-23(32)9-7-11-25(29)34)19-16-21(31)30(26(17-19)37-5-2)38-39(35,36)20-14-12-18(3)13-15-20/h12-17,27H,4-11H2,1-3H3. The van der Waals surface area contributed by atoms with Gasteiger partial charge in [-0.15, -0.1) is 0 Å². The lowest BCUT2D eigenvalue weighted by Crippen LogP contribution is -2.39. The van der Waals surface area contributed by atoms with E-state index in [9.17, 15) is 18.0 Å². The number of aryl methyl sites for hydroxylation is 1. The van der Waals surface area contributed by atoms with Gasteiger partial charge >= 0.3 is 10.1 Å². The number of benzene rings is 2. The molecule has 206 valence electrons. The number of hydrogen-bond donors (Lipinski definition) is 0. The molecule has 5 rings (SSSR count). The van der Waals surface area contributed by atoms with E-state index in [2.05, 4.69) is 11.8 Å². The molecule has 2 aliphatic carbocycles. The first kappa shape index (κ1) is 27.9. The van der Waals surface area contributed by atoms with Crippen LogP contribution in [0.4, 0.5) is 0 Å². The highest BCUT2D eigenvalue weighted by Gasteiger charge is 2.43. The molecule has 0 bridgehead atoms. The molecular weight excluding hydrogens is 629 g/mol. The minimum Gasteiger partial charge on any atom is -0.490 e. The van der Waals surface area contributed by atoms with Crippen molar-refractivity contribution in [2.45, 2.75) is 70.1 Å². The predicted molar refractivity (Wildman–Crippen MR) is 156 cm³/mol. The second-order valence-corrected chi connectivity index (χ2v) is 12.8. The van der Waals surface area contributed by atoms with E-state index < -0.39 is 16.0 Å². The highest BCUT2D eigenvalue weighted by molar-refractivity contribution is 14.1. The monoisotopic (exact) mass is 661 g/mol. The Labute approximate surface area is 243 Å². The summed E-state index contributed by atoms with van der Waals surface area (Å²) in [5.41, 5.74) is 5.09. The summed E-state index contributed by atoms with van der Waals surface area (Å²) < 4.78 is 38.4. The Morgan fingerprint density at radius 1 is 0.923 bits per heavy atom. The van der Waals surface area contributed by atoms with Gasteiger partial charge in [0.15, 0.2) is 23.1 Å². The molecule has 2 aromatic rings. The SMILES string of the molecule is CCOc1cc(C2C3=C(CCCC3=O)N(CC)C3=C2C(=O)CCC3)cc(I)c1OS(=O)(=O)c1ccc(C)cc1. The van der Waals surface area contributed by atoms with Gasteiger partial charge in [-0.2, -0.15) is 8.42 Å². The number of nitrogens with zero attached hydrogens (tertiary/aromatic N) is 1. The second kappa shape index (κ2) is 11.1. The molecule has 0 atom stereocenters. The van der Waals surface area contributed by atoms with E-state index in [1.807, 2.05) is 42.5 Å². The van der Waals surface area contributed by atoms with Gasteiger partial charge < -0.3 is 13.8 Å². The van der Waals surface area contributed by atoms with Crippen molar-refractivity contribution in [3.8, 4) is 11.5 Å². The molecule has 3 aliphatic rings. The molecular formula is C30H32INO6S. The zero-order valence-electron chi connectivity index (χ0n) is 22.4. The van der Waals surface area contributed by atoms with Gasteiger partial charge in [0, 0.05) is 47.8 Å². The molecule has 0 unspecified atom stereocenters. The van der Waals surface area contributed by atoms with Crippen LogP contribution >= 0.6 is 22.6 Å². The third kappa shape index (κ3) is 5.15. The van der Waals surface area contributed by atoms with Crippen molar-refractivity contribution in [3.63, 3.8) is 0 Å². The normalized spacial score (nSPS) is 18.3. The van der Waals surface area contributed by atoms with Crippen LogP contribution in [-0.2, 0) is 19.7 Å². The lowest BCUT2D eigenvalue weighted by atomic mass is 9.71. The largest absolute Gasteiger partial charge is 0.490 e. The van der Waals surface area contributed by atoms with Crippen LogP contribution in [0, 0.1) is 10.5 Å². The number of carbonyl (C=O) groups is 2. The summed E-state index contributed by atoms with van der Waals surface area (Å²) in [5, 5.41) is 0. The summed E-state index contributed by atoms with van der Waals surface area (Å²) >= 11 is 2.05. The maximum atomic E-state index is 13.4. The van der Waals surface area contributed by atoms with E-state index in [1.165, 1.54) is 12.1 Å². The van der Waals surface area contributed by atoms with E-state index in [-0.39, 0.29) is 34.6 Å².